The predicted octanol–water partition coefficient (Wildman–Crippen LogP) is -0.229. The second-order valence-electron chi connectivity index (χ2n) is 4.87. The van der Waals surface area contributed by atoms with Crippen molar-refractivity contribution in [3.05, 3.63) is 23.8 Å². The number of aliphatic imine (C=N–C) groups is 1. The van der Waals surface area contributed by atoms with Gasteiger partial charge in [-0.2, -0.15) is 10.0 Å². The summed E-state index contributed by atoms with van der Waals surface area (Å²) in [7, 11) is 2.80. The molecule has 2 rings (SSSR count). The highest BCUT2D eigenvalue weighted by atomic mass is 16.5. The minimum absolute atomic E-state index is 0.0473. The molecule has 1 aromatic rings. The maximum absolute atomic E-state index is 10.4. The monoisotopic (exact) mass is 326 g/mol. The van der Waals surface area contributed by atoms with Gasteiger partial charge in [0, 0.05) is 18.7 Å². The van der Waals surface area contributed by atoms with E-state index in [-0.39, 0.29) is 17.8 Å². The van der Waals surface area contributed by atoms with Gasteiger partial charge in [-0.15, -0.1) is 0 Å². The van der Waals surface area contributed by atoms with Crippen molar-refractivity contribution in [2.75, 3.05) is 14.2 Å². The molecule has 0 amide bonds. The van der Waals surface area contributed by atoms with Crippen molar-refractivity contribution < 1.29 is 19.7 Å². The van der Waals surface area contributed by atoms with Gasteiger partial charge in [-0.3, -0.25) is 5.84 Å². The summed E-state index contributed by atoms with van der Waals surface area (Å²) in [5.41, 5.74) is 0.535. The Morgan fingerprint density at radius 2 is 2.04 bits per heavy atom. The van der Waals surface area contributed by atoms with Gasteiger partial charge in [-0.1, -0.05) is 12.2 Å². The second-order valence-corrected chi connectivity index (χ2v) is 4.87. The molecule has 0 aliphatic carbocycles. The summed E-state index contributed by atoms with van der Waals surface area (Å²) in [6.07, 6.45) is 2.26. The van der Waals surface area contributed by atoms with Gasteiger partial charge in [-0.25, -0.2) is 15.4 Å². The zero-order valence-electron chi connectivity index (χ0n) is 13.2. The average Bonchev–Trinajstić information content (AvgIpc) is 2.81. The molecule has 0 aromatic carbocycles. The fraction of sp³-hybridized carbons (Fsp3) is 0.462. The maximum atomic E-state index is 10.4. The standard InChI is InChI=1S/C13H22N6O4/c1-4-5-6-8-7-9(20)17(10(8)21)11-16-12(22-2)19(15)13(23-3)18(11)14/h4-5,7,11,13,20-21H,6,14-15H2,1-3H3. The molecule has 2 unspecified atom stereocenters. The number of hydrogen-bond acceptors (Lipinski definition) is 9. The first kappa shape index (κ1) is 17.1. The van der Waals surface area contributed by atoms with Crippen molar-refractivity contribution in [2.45, 2.75) is 26.0 Å². The minimum atomic E-state index is -0.992. The third-order valence-corrected chi connectivity index (χ3v) is 3.47. The lowest BCUT2D eigenvalue weighted by Crippen LogP contribution is -2.62. The maximum Gasteiger partial charge on any atom is 0.308 e. The molecule has 1 aromatic heterocycles. The summed E-state index contributed by atoms with van der Waals surface area (Å²) in [4.78, 5) is 4.19. The van der Waals surface area contributed by atoms with Crippen LogP contribution in [0.5, 0.6) is 11.8 Å². The smallest absolute Gasteiger partial charge is 0.308 e. The Morgan fingerprint density at radius 1 is 1.35 bits per heavy atom. The number of allylic oxidation sites excluding steroid dienone is 2. The number of ether oxygens (including phenoxy) is 2. The number of aromatic hydroxyl groups is 2. The lowest BCUT2D eigenvalue weighted by Gasteiger charge is -2.40. The second kappa shape index (κ2) is 6.87. The number of methoxy groups -OCH3 is 2. The lowest BCUT2D eigenvalue weighted by atomic mass is 10.2. The lowest BCUT2D eigenvalue weighted by molar-refractivity contribution is -0.159. The number of aromatic nitrogens is 1. The molecule has 1 aliphatic heterocycles. The molecule has 10 heteroatoms. The molecule has 2 atom stereocenters. The van der Waals surface area contributed by atoms with Crippen LogP contribution in [0.3, 0.4) is 0 Å². The van der Waals surface area contributed by atoms with Crippen LogP contribution in [0.25, 0.3) is 0 Å². The van der Waals surface area contributed by atoms with Gasteiger partial charge in [0.15, 0.2) is 11.8 Å². The van der Waals surface area contributed by atoms with Gasteiger partial charge >= 0.3 is 6.02 Å². The first-order valence-electron chi connectivity index (χ1n) is 6.91. The summed E-state index contributed by atoms with van der Waals surface area (Å²) in [6.45, 7) is 1.87. The predicted molar refractivity (Wildman–Crippen MR) is 82.6 cm³/mol. The van der Waals surface area contributed by atoms with Crippen molar-refractivity contribution in [1.29, 1.82) is 0 Å². The highest BCUT2D eigenvalue weighted by Gasteiger charge is 2.38. The Labute approximate surface area is 133 Å². The molecule has 10 nitrogen and oxygen atoms in total. The highest BCUT2D eigenvalue weighted by molar-refractivity contribution is 5.73. The van der Waals surface area contributed by atoms with Crippen LogP contribution in [0.15, 0.2) is 23.2 Å². The van der Waals surface area contributed by atoms with Crippen LogP contribution in [-0.2, 0) is 15.9 Å². The Morgan fingerprint density at radius 3 is 2.61 bits per heavy atom. The summed E-state index contributed by atoms with van der Waals surface area (Å²) in [6, 6.07) is 1.49. The van der Waals surface area contributed by atoms with Crippen LogP contribution >= 0.6 is 0 Å². The van der Waals surface area contributed by atoms with E-state index in [9.17, 15) is 10.2 Å². The zero-order valence-corrected chi connectivity index (χ0v) is 13.2. The molecule has 0 saturated heterocycles. The van der Waals surface area contributed by atoms with Gasteiger partial charge in [0.1, 0.15) is 0 Å². The number of hydrazine groups is 2. The molecule has 0 radical (unpaired) electrons. The summed E-state index contributed by atoms with van der Waals surface area (Å²) >= 11 is 0. The van der Waals surface area contributed by atoms with E-state index in [4.69, 9.17) is 21.2 Å². The normalized spacial score (nSPS) is 22.7. The summed E-state index contributed by atoms with van der Waals surface area (Å²) < 4.78 is 11.5. The van der Waals surface area contributed by atoms with E-state index in [1.165, 1.54) is 20.3 Å². The quantitative estimate of drug-likeness (QED) is 0.440. The Kier molecular flexibility index (Phi) is 5.11. The van der Waals surface area contributed by atoms with E-state index in [2.05, 4.69) is 4.99 Å². The molecule has 23 heavy (non-hydrogen) atoms. The largest absolute Gasteiger partial charge is 0.494 e. The molecule has 6 N–H and O–H groups in total. The first-order chi connectivity index (χ1) is 11.0. The van der Waals surface area contributed by atoms with Gasteiger partial charge < -0.3 is 19.7 Å². The fourth-order valence-corrected chi connectivity index (χ4v) is 2.34. The van der Waals surface area contributed by atoms with E-state index in [0.717, 1.165) is 14.6 Å². The summed E-state index contributed by atoms with van der Waals surface area (Å²) in [5.74, 6) is 11.5. The molecule has 2 heterocycles. The van der Waals surface area contributed by atoms with Crippen molar-refractivity contribution in [2.24, 2.45) is 16.7 Å². The number of nitrogens with two attached hydrogens (primary N) is 2. The molecule has 0 saturated carbocycles. The Hall–Kier alpha value is -2.27. The van der Waals surface area contributed by atoms with Crippen molar-refractivity contribution in [3.8, 4) is 11.8 Å². The first-order valence-corrected chi connectivity index (χ1v) is 6.91. The van der Waals surface area contributed by atoms with E-state index < -0.39 is 12.6 Å². The van der Waals surface area contributed by atoms with E-state index >= 15 is 0 Å². The zero-order chi connectivity index (χ0) is 17.1. The van der Waals surface area contributed by atoms with Crippen LogP contribution < -0.4 is 11.7 Å². The molecule has 1 aliphatic rings. The number of hydrogen-bond donors (Lipinski definition) is 4. The topological polar surface area (TPSA) is 135 Å². The average molecular weight is 326 g/mol. The van der Waals surface area contributed by atoms with Crippen LogP contribution in [0.1, 0.15) is 18.8 Å². The Balaban J connectivity index is 2.47. The van der Waals surface area contributed by atoms with Gasteiger partial charge in [0.05, 0.1) is 7.11 Å². The molecular weight excluding hydrogens is 304 g/mol. The van der Waals surface area contributed by atoms with Gasteiger partial charge in [0.2, 0.25) is 12.6 Å². The number of nitrogens with zero attached hydrogens (tertiary/aromatic N) is 4. The van der Waals surface area contributed by atoms with Crippen molar-refractivity contribution in [1.82, 2.24) is 14.6 Å². The number of amidine groups is 1. The third-order valence-electron chi connectivity index (χ3n) is 3.47. The van der Waals surface area contributed by atoms with Crippen molar-refractivity contribution in [3.63, 3.8) is 0 Å². The third kappa shape index (κ3) is 2.97. The van der Waals surface area contributed by atoms with Crippen LogP contribution in [-0.4, -0.2) is 51.4 Å². The SMILES string of the molecule is CC=CCc1cc(O)n(C2N=C(OC)N(N)C(OC)N2N)c1O. The van der Waals surface area contributed by atoms with E-state index in [0.29, 0.717) is 12.0 Å². The van der Waals surface area contributed by atoms with E-state index in [1.54, 1.807) is 0 Å². The summed E-state index contributed by atoms with van der Waals surface area (Å²) in [5, 5.41) is 22.8. The molecule has 128 valence electrons. The fourth-order valence-electron chi connectivity index (χ4n) is 2.34. The van der Waals surface area contributed by atoms with Crippen LogP contribution in [0, 0.1) is 0 Å². The number of rotatable bonds is 4. The van der Waals surface area contributed by atoms with Crippen molar-refractivity contribution >= 4 is 6.02 Å². The van der Waals surface area contributed by atoms with Crippen LogP contribution in [0.2, 0.25) is 0 Å². The van der Waals surface area contributed by atoms with Gasteiger partial charge in [-0.05, 0) is 13.3 Å². The van der Waals surface area contributed by atoms with Crippen LogP contribution in [0.4, 0.5) is 0 Å². The molecular formula is C13H22N6O4. The Bertz CT molecular complexity index is 614. The molecule has 0 bridgehead atoms. The van der Waals surface area contributed by atoms with Gasteiger partial charge in [0.25, 0.3) is 0 Å². The molecule has 0 spiro atoms. The molecule has 0 fully saturated rings. The van der Waals surface area contributed by atoms with E-state index in [1.807, 2.05) is 19.1 Å². The highest BCUT2D eigenvalue weighted by Crippen LogP contribution is 2.35. The minimum Gasteiger partial charge on any atom is -0.494 e.